The monoisotopic (exact) mass is 513 g/mol. The number of carbonyl (C=O) groups is 2. The second-order valence-electron chi connectivity index (χ2n) is 10.5. The minimum Gasteiger partial charge on any atom is -0.338 e. The van der Waals surface area contributed by atoms with Crippen LogP contribution in [0.4, 0.5) is 4.39 Å². The van der Waals surface area contributed by atoms with Gasteiger partial charge in [-0.05, 0) is 55.6 Å². The molecule has 1 spiro atoms. The summed E-state index contributed by atoms with van der Waals surface area (Å²) in [6.07, 6.45) is 3.00. The van der Waals surface area contributed by atoms with E-state index in [0.717, 1.165) is 57.5 Å². The number of hydrogen-bond donors (Lipinski definition) is 1. The predicted octanol–water partition coefficient (Wildman–Crippen LogP) is 4.41. The molecule has 7 heteroatoms. The van der Waals surface area contributed by atoms with Crippen LogP contribution in [0.15, 0.2) is 54.6 Å². The van der Waals surface area contributed by atoms with Crippen LogP contribution in [0, 0.1) is 17.2 Å². The molecule has 3 saturated heterocycles. The van der Waals surface area contributed by atoms with E-state index in [-0.39, 0.29) is 41.5 Å². The highest BCUT2D eigenvalue weighted by atomic mass is 35.5. The average Bonchev–Trinajstić information content (AvgIpc) is 3.48. The van der Waals surface area contributed by atoms with Gasteiger partial charge in [0.1, 0.15) is 11.6 Å². The van der Waals surface area contributed by atoms with E-state index in [0.29, 0.717) is 24.7 Å². The smallest absolute Gasteiger partial charge is 0.229 e. The zero-order valence-corrected chi connectivity index (χ0v) is 21.8. The van der Waals surface area contributed by atoms with Crippen molar-refractivity contribution in [2.75, 3.05) is 32.7 Å². The Hall–Kier alpha value is -2.28. The lowest BCUT2D eigenvalue weighted by Gasteiger charge is -2.43. The first-order chi connectivity index (χ1) is 17.0. The standard InChI is InChI=1S/C29H36FN3O2.ClH/c1-2-26(34)27(25-19-31-18-24(25)22-6-4-3-5-7-22)32-15-12-29(13-16-32)14-17-33(28(29)35)20-21-8-10-23(30)11-9-21;/h3-11,24-25,27,31H,2,12-20H2,1H3;1H/t24-,25-,27?;/m1./s1. The number of Topliss-reactive ketones (excluding diaryl/α,β-unsaturated/α-hetero) is 1. The first kappa shape index (κ1) is 26.8. The molecule has 2 aromatic rings. The lowest BCUT2D eigenvalue weighted by atomic mass is 9.75. The summed E-state index contributed by atoms with van der Waals surface area (Å²) in [6, 6.07) is 16.9. The molecule has 0 bridgehead atoms. The first-order valence-corrected chi connectivity index (χ1v) is 13.1. The third kappa shape index (κ3) is 5.22. The fourth-order valence-electron chi connectivity index (χ4n) is 6.57. The second kappa shape index (κ2) is 11.4. The molecule has 194 valence electrons. The number of likely N-dealkylation sites (tertiary alicyclic amines) is 2. The lowest BCUT2D eigenvalue weighted by Crippen LogP contribution is -2.54. The number of rotatable bonds is 7. The van der Waals surface area contributed by atoms with Crippen molar-refractivity contribution in [3.63, 3.8) is 0 Å². The van der Waals surface area contributed by atoms with Gasteiger partial charge in [0.05, 0.1) is 11.5 Å². The highest BCUT2D eigenvalue weighted by Gasteiger charge is 2.50. The summed E-state index contributed by atoms with van der Waals surface area (Å²) in [5.74, 6) is 0.851. The van der Waals surface area contributed by atoms with E-state index in [1.165, 1.54) is 17.7 Å². The molecule has 3 heterocycles. The number of nitrogens with zero attached hydrogens (tertiary/aromatic N) is 2. The van der Waals surface area contributed by atoms with Crippen molar-refractivity contribution in [1.29, 1.82) is 0 Å². The Bertz CT molecular complexity index is 1040. The summed E-state index contributed by atoms with van der Waals surface area (Å²) in [4.78, 5) is 31.0. The number of nitrogens with one attached hydrogen (secondary N) is 1. The Morgan fingerprint density at radius 2 is 1.69 bits per heavy atom. The predicted molar refractivity (Wildman–Crippen MR) is 142 cm³/mol. The van der Waals surface area contributed by atoms with Gasteiger partial charge < -0.3 is 10.2 Å². The normalized spacial score (nSPS) is 24.6. The molecule has 1 amide bonds. The van der Waals surface area contributed by atoms with E-state index >= 15 is 0 Å². The SMILES string of the molecule is CCC(=O)C([C@@H]1CNC[C@@H]1c1ccccc1)N1CCC2(CCN(Cc3ccc(F)cc3)C2=O)CC1.Cl. The molecule has 1 N–H and O–H groups in total. The lowest BCUT2D eigenvalue weighted by molar-refractivity contribution is -0.140. The van der Waals surface area contributed by atoms with Crippen molar-refractivity contribution >= 4 is 24.1 Å². The number of hydrogen-bond acceptors (Lipinski definition) is 4. The van der Waals surface area contributed by atoms with E-state index in [1.807, 2.05) is 17.9 Å². The van der Waals surface area contributed by atoms with E-state index in [4.69, 9.17) is 0 Å². The topological polar surface area (TPSA) is 52.7 Å². The summed E-state index contributed by atoms with van der Waals surface area (Å²) in [5, 5.41) is 3.54. The average molecular weight is 514 g/mol. The van der Waals surface area contributed by atoms with Crippen molar-refractivity contribution in [2.24, 2.45) is 11.3 Å². The third-order valence-electron chi connectivity index (χ3n) is 8.61. The summed E-state index contributed by atoms with van der Waals surface area (Å²) in [5.41, 5.74) is 1.94. The quantitative estimate of drug-likeness (QED) is 0.595. The van der Waals surface area contributed by atoms with Crippen molar-refractivity contribution in [2.45, 2.75) is 51.1 Å². The van der Waals surface area contributed by atoms with E-state index in [9.17, 15) is 14.0 Å². The zero-order valence-electron chi connectivity index (χ0n) is 21.0. The number of carbonyl (C=O) groups excluding carboxylic acids is 2. The van der Waals surface area contributed by atoms with Gasteiger partial charge in [-0.1, -0.05) is 49.4 Å². The van der Waals surface area contributed by atoms with Crippen molar-refractivity contribution in [3.05, 3.63) is 71.5 Å². The van der Waals surface area contributed by atoms with Gasteiger partial charge in [0.2, 0.25) is 5.91 Å². The Morgan fingerprint density at radius 3 is 2.36 bits per heavy atom. The van der Waals surface area contributed by atoms with Gasteiger partial charge in [-0.3, -0.25) is 14.5 Å². The van der Waals surface area contributed by atoms with E-state index < -0.39 is 0 Å². The molecule has 0 radical (unpaired) electrons. The molecule has 0 saturated carbocycles. The Labute approximate surface area is 219 Å². The van der Waals surface area contributed by atoms with Gasteiger partial charge in [0.15, 0.2) is 0 Å². The maximum Gasteiger partial charge on any atom is 0.229 e. The number of halogens is 2. The number of benzene rings is 2. The Kier molecular flexibility index (Phi) is 8.48. The molecule has 36 heavy (non-hydrogen) atoms. The molecule has 0 aliphatic carbocycles. The summed E-state index contributed by atoms with van der Waals surface area (Å²) >= 11 is 0. The summed E-state index contributed by atoms with van der Waals surface area (Å²) in [7, 11) is 0. The highest BCUT2D eigenvalue weighted by Crippen LogP contribution is 2.44. The zero-order chi connectivity index (χ0) is 24.4. The molecule has 3 fully saturated rings. The molecule has 2 aromatic carbocycles. The summed E-state index contributed by atoms with van der Waals surface area (Å²) in [6.45, 7) is 6.56. The molecule has 3 aliphatic heterocycles. The number of piperidine rings is 1. The molecular weight excluding hydrogens is 477 g/mol. The molecule has 0 aromatic heterocycles. The van der Waals surface area contributed by atoms with Crippen LogP contribution in [0.25, 0.3) is 0 Å². The molecule has 1 unspecified atom stereocenters. The fourth-order valence-corrected chi connectivity index (χ4v) is 6.57. The molecule has 3 aliphatic rings. The number of amides is 1. The van der Waals surface area contributed by atoms with Crippen molar-refractivity contribution in [1.82, 2.24) is 15.1 Å². The van der Waals surface area contributed by atoms with Crippen LogP contribution in [-0.2, 0) is 16.1 Å². The van der Waals surface area contributed by atoms with Crippen molar-refractivity contribution in [3.8, 4) is 0 Å². The van der Waals surface area contributed by atoms with Crippen LogP contribution in [0.3, 0.4) is 0 Å². The van der Waals surface area contributed by atoms with Crippen molar-refractivity contribution < 1.29 is 14.0 Å². The Balaban J connectivity index is 0.00000304. The maximum absolute atomic E-state index is 13.5. The molecular formula is C29H37ClFN3O2. The fraction of sp³-hybridized carbons (Fsp3) is 0.517. The Morgan fingerprint density at radius 1 is 1.03 bits per heavy atom. The third-order valence-corrected chi connectivity index (χ3v) is 8.61. The maximum atomic E-state index is 13.5. The largest absolute Gasteiger partial charge is 0.338 e. The number of ketones is 1. The van der Waals surface area contributed by atoms with E-state index in [2.05, 4.69) is 34.5 Å². The summed E-state index contributed by atoms with van der Waals surface area (Å²) < 4.78 is 13.3. The van der Waals surface area contributed by atoms with Gasteiger partial charge >= 0.3 is 0 Å². The van der Waals surface area contributed by atoms with Gasteiger partial charge in [-0.15, -0.1) is 12.4 Å². The minimum atomic E-state index is -0.316. The van der Waals surface area contributed by atoms with Crippen LogP contribution in [0.1, 0.15) is 49.7 Å². The van der Waals surface area contributed by atoms with Gasteiger partial charge in [0, 0.05) is 44.4 Å². The van der Waals surface area contributed by atoms with Crippen LogP contribution in [-0.4, -0.2) is 60.3 Å². The molecule has 5 nitrogen and oxygen atoms in total. The van der Waals surface area contributed by atoms with Crippen LogP contribution in [0.2, 0.25) is 0 Å². The van der Waals surface area contributed by atoms with Crippen LogP contribution >= 0.6 is 12.4 Å². The second-order valence-corrected chi connectivity index (χ2v) is 10.5. The molecule has 3 atom stereocenters. The van der Waals surface area contributed by atoms with E-state index in [1.54, 1.807) is 12.1 Å². The van der Waals surface area contributed by atoms with Crippen LogP contribution in [0.5, 0.6) is 0 Å². The first-order valence-electron chi connectivity index (χ1n) is 13.1. The minimum absolute atomic E-state index is 0. The van der Waals surface area contributed by atoms with Gasteiger partial charge in [0.25, 0.3) is 0 Å². The highest BCUT2D eigenvalue weighted by molar-refractivity contribution is 5.86. The van der Waals surface area contributed by atoms with Gasteiger partial charge in [-0.2, -0.15) is 0 Å². The van der Waals surface area contributed by atoms with Crippen LogP contribution < -0.4 is 5.32 Å². The molecule has 5 rings (SSSR count). The van der Waals surface area contributed by atoms with Gasteiger partial charge in [-0.25, -0.2) is 4.39 Å².